The van der Waals surface area contributed by atoms with E-state index in [2.05, 4.69) is 11.1 Å². The van der Waals surface area contributed by atoms with Gasteiger partial charge in [0.2, 0.25) is 0 Å². The summed E-state index contributed by atoms with van der Waals surface area (Å²) < 4.78 is 0. The lowest BCUT2D eigenvalue weighted by Crippen LogP contribution is -2.50. The lowest BCUT2D eigenvalue weighted by Gasteiger charge is -2.10. The summed E-state index contributed by atoms with van der Waals surface area (Å²) in [6.45, 7) is 2.60. The largest absolute Gasteiger partial charge is 0.358 e. The molecule has 0 saturated heterocycles. The first kappa shape index (κ1) is 10.6. The van der Waals surface area contributed by atoms with Gasteiger partial charge in [-0.05, 0) is 33.2 Å². The normalized spacial score (nSPS) is 13.0. The van der Waals surface area contributed by atoms with Crippen molar-refractivity contribution in [2.24, 2.45) is 0 Å². The predicted molar refractivity (Wildman–Crippen MR) is 45.1 cm³/mol. The highest BCUT2D eigenvalue weighted by Gasteiger charge is 2.09. The van der Waals surface area contributed by atoms with Gasteiger partial charge in [0, 0.05) is 0 Å². The summed E-state index contributed by atoms with van der Waals surface area (Å²) in [5, 5.41) is 2.99. The molecule has 3 heteroatoms. The number of quaternary nitrogens is 1. The molecule has 0 aromatic carbocycles. The first-order valence-electron chi connectivity index (χ1n) is 4.19. The summed E-state index contributed by atoms with van der Waals surface area (Å²) in [5.74, 6) is 0.233. The van der Waals surface area contributed by atoms with Crippen LogP contribution in [0, 0.1) is 0 Å². The maximum atomic E-state index is 10.9. The van der Waals surface area contributed by atoms with E-state index in [0.29, 0.717) is 0 Å². The standard InChI is InChI=1S/C8H18N2O/c1-7(11)8(10-2)5-3-4-6-9/h8,10H,3-6,9H2,1-2H3/p+1. The van der Waals surface area contributed by atoms with Gasteiger partial charge < -0.3 is 11.1 Å². The summed E-state index contributed by atoms with van der Waals surface area (Å²) >= 11 is 0. The Morgan fingerprint density at radius 2 is 2.18 bits per heavy atom. The number of likely N-dealkylation sites (N-methyl/N-ethyl adjacent to an activating group) is 1. The molecule has 3 nitrogen and oxygen atoms in total. The van der Waals surface area contributed by atoms with E-state index in [1.54, 1.807) is 6.92 Å². The fourth-order valence-corrected chi connectivity index (χ4v) is 1.08. The first-order chi connectivity index (χ1) is 5.22. The molecule has 0 amide bonds. The van der Waals surface area contributed by atoms with Crippen LogP contribution in [0.15, 0.2) is 0 Å². The third-order valence-electron chi connectivity index (χ3n) is 1.83. The minimum Gasteiger partial charge on any atom is -0.358 e. The van der Waals surface area contributed by atoms with E-state index in [4.69, 9.17) is 0 Å². The Hall–Kier alpha value is -0.410. The molecule has 4 N–H and O–H groups in total. The number of unbranched alkanes of at least 4 members (excludes halogenated alkanes) is 1. The number of nitrogens with one attached hydrogen (secondary N) is 1. The minimum absolute atomic E-state index is 0.0570. The smallest absolute Gasteiger partial charge is 0.146 e. The molecule has 11 heavy (non-hydrogen) atoms. The molecule has 0 rings (SSSR count). The van der Waals surface area contributed by atoms with Gasteiger partial charge in [-0.1, -0.05) is 0 Å². The Morgan fingerprint density at radius 3 is 2.55 bits per heavy atom. The van der Waals surface area contributed by atoms with E-state index in [0.717, 1.165) is 25.8 Å². The van der Waals surface area contributed by atoms with Crippen LogP contribution in [-0.2, 0) is 4.79 Å². The summed E-state index contributed by atoms with van der Waals surface area (Å²) in [7, 11) is 1.83. The quantitative estimate of drug-likeness (QED) is 0.517. The van der Waals surface area contributed by atoms with E-state index in [9.17, 15) is 4.79 Å². The summed E-state index contributed by atoms with van der Waals surface area (Å²) in [6.07, 6.45) is 3.15. The van der Waals surface area contributed by atoms with Crippen LogP contribution in [-0.4, -0.2) is 25.4 Å². The van der Waals surface area contributed by atoms with Gasteiger partial charge in [0.1, 0.15) is 5.78 Å². The van der Waals surface area contributed by atoms with E-state index >= 15 is 0 Å². The lowest BCUT2D eigenvalue weighted by atomic mass is 10.1. The maximum absolute atomic E-state index is 10.9. The zero-order valence-corrected chi connectivity index (χ0v) is 7.52. The molecule has 0 aliphatic carbocycles. The van der Waals surface area contributed by atoms with Gasteiger partial charge in [0.25, 0.3) is 0 Å². The average Bonchev–Trinajstić information content (AvgIpc) is 1.97. The van der Waals surface area contributed by atoms with Gasteiger partial charge in [-0.25, -0.2) is 0 Å². The van der Waals surface area contributed by atoms with Crippen molar-refractivity contribution < 1.29 is 10.5 Å². The van der Waals surface area contributed by atoms with Crippen LogP contribution < -0.4 is 11.1 Å². The van der Waals surface area contributed by atoms with Crippen molar-refractivity contribution in [1.82, 2.24) is 5.32 Å². The molecule has 0 spiro atoms. The number of rotatable bonds is 6. The highest BCUT2D eigenvalue weighted by atomic mass is 16.1. The Balaban J connectivity index is 3.44. The van der Waals surface area contributed by atoms with Gasteiger partial charge in [0.05, 0.1) is 12.6 Å². The molecular formula is C8H19N2O+. The number of carbonyl (C=O) groups is 1. The number of Topliss-reactive ketones (excluding diaryl/α,β-unsaturated/α-hetero) is 1. The van der Waals surface area contributed by atoms with Crippen molar-refractivity contribution in [2.75, 3.05) is 13.6 Å². The van der Waals surface area contributed by atoms with Crippen LogP contribution in [0.1, 0.15) is 26.2 Å². The molecule has 0 heterocycles. The third kappa shape index (κ3) is 4.93. The molecule has 0 radical (unpaired) electrons. The second kappa shape index (κ2) is 6.31. The van der Waals surface area contributed by atoms with Crippen LogP contribution in [0.3, 0.4) is 0 Å². The Morgan fingerprint density at radius 1 is 1.55 bits per heavy atom. The Kier molecular flexibility index (Phi) is 6.07. The molecule has 1 unspecified atom stereocenters. The zero-order valence-electron chi connectivity index (χ0n) is 7.52. The van der Waals surface area contributed by atoms with Gasteiger partial charge in [-0.3, -0.25) is 4.79 Å². The Bertz CT molecular complexity index is 115. The molecule has 0 aromatic rings. The van der Waals surface area contributed by atoms with E-state index in [1.807, 2.05) is 7.05 Å². The van der Waals surface area contributed by atoms with Crippen molar-refractivity contribution in [1.29, 1.82) is 0 Å². The first-order valence-corrected chi connectivity index (χ1v) is 4.19. The van der Waals surface area contributed by atoms with Crippen LogP contribution >= 0.6 is 0 Å². The fraction of sp³-hybridized carbons (Fsp3) is 0.875. The van der Waals surface area contributed by atoms with E-state index in [-0.39, 0.29) is 11.8 Å². The lowest BCUT2D eigenvalue weighted by molar-refractivity contribution is -0.368. The van der Waals surface area contributed by atoms with Crippen molar-refractivity contribution in [3.8, 4) is 0 Å². The van der Waals surface area contributed by atoms with Crippen molar-refractivity contribution in [3.63, 3.8) is 0 Å². The number of hydrogen-bond donors (Lipinski definition) is 2. The van der Waals surface area contributed by atoms with Crippen molar-refractivity contribution in [2.45, 2.75) is 32.2 Å². The molecule has 0 aromatic heterocycles. The number of ketones is 1. The molecule has 0 aliphatic rings. The molecule has 0 fully saturated rings. The molecule has 66 valence electrons. The second-order valence-corrected chi connectivity index (χ2v) is 2.80. The molecule has 0 bridgehead atoms. The van der Waals surface area contributed by atoms with Gasteiger partial charge in [0.15, 0.2) is 0 Å². The fourth-order valence-electron chi connectivity index (χ4n) is 1.08. The topological polar surface area (TPSA) is 56.7 Å². The van der Waals surface area contributed by atoms with Crippen LogP contribution in [0.4, 0.5) is 0 Å². The summed E-state index contributed by atoms with van der Waals surface area (Å²) in [4.78, 5) is 10.9. The van der Waals surface area contributed by atoms with Crippen LogP contribution in [0.2, 0.25) is 0 Å². The monoisotopic (exact) mass is 159 g/mol. The zero-order chi connectivity index (χ0) is 8.69. The second-order valence-electron chi connectivity index (χ2n) is 2.80. The molecular weight excluding hydrogens is 140 g/mol. The average molecular weight is 159 g/mol. The maximum Gasteiger partial charge on any atom is 0.146 e. The van der Waals surface area contributed by atoms with Crippen LogP contribution in [0.5, 0.6) is 0 Å². The molecule has 1 atom stereocenters. The van der Waals surface area contributed by atoms with Gasteiger partial charge >= 0.3 is 0 Å². The highest BCUT2D eigenvalue weighted by Crippen LogP contribution is 1.99. The molecule has 0 aliphatic heterocycles. The minimum atomic E-state index is 0.0570. The number of carbonyl (C=O) groups excluding carboxylic acids is 1. The van der Waals surface area contributed by atoms with E-state index in [1.165, 1.54) is 0 Å². The molecule has 0 saturated carbocycles. The van der Waals surface area contributed by atoms with E-state index < -0.39 is 0 Å². The van der Waals surface area contributed by atoms with Crippen molar-refractivity contribution >= 4 is 5.78 Å². The highest BCUT2D eigenvalue weighted by molar-refractivity contribution is 5.81. The Labute approximate surface area is 68.3 Å². The van der Waals surface area contributed by atoms with Gasteiger partial charge in [-0.15, -0.1) is 0 Å². The van der Waals surface area contributed by atoms with Crippen LogP contribution in [0.25, 0.3) is 0 Å². The number of hydrogen-bond acceptors (Lipinski definition) is 2. The predicted octanol–water partition coefficient (Wildman–Crippen LogP) is -0.424. The summed E-state index contributed by atoms with van der Waals surface area (Å²) in [6, 6.07) is 0.0570. The third-order valence-corrected chi connectivity index (χ3v) is 1.83. The van der Waals surface area contributed by atoms with Gasteiger partial charge in [-0.2, -0.15) is 0 Å². The van der Waals surface area contributed by atoms with Crippen molar-refractivity contribution in [3.05, 3.63) is 0 Å². The summed E-state index contributed by atoms with van der Waals surface area (Å²) in [5.41, 5.74) is 3.75. The SMILES string of the molecule is CNC(CCCC[NH3+])C(C)=O.